The first-order valence-corrected chi connectivity index (χ1v) is 3.90. The third-order valence-electron chi connectivity index (χ3n) is 1.57. The molecule has 0 saturated carbocycles. The predicted molar refractivity (Wildman–Crippen MR) is 44.0 cm³/mol. The van der Waals surface area contributed by atoms with E-state index in [0.717, 1.165) is 12.8 Å². The Morgan fingerprint density at radius 3 is 3.00 bits per heavy atom. The molecule has 5 heteroatoms. The number of nitrogens with zero attached hydrogens (tertiary/aromatic N) is 2. The summed E-state index contributed by atoms with van der Waals surface area (Å²) in [6.07, 6.45) is 3.21. The highest BCUT2D eigenvalue weighted by Gasteiger charge is 1.97. The lowest BCUT2D eigenvalue weighted by Gasteiger charge is -1.99. The molecule has 0 unspecified atom stereocenters. The SMILES string of the molecule is CCCCn1cn[nH]c(=O)c1=O. The van der Waals surface area contributed by atoms with Crippen molar-refractivity contribution in [1.29, 1.82) is 0 Å². The number of H-pyrrole nitrogens is 1. The standard InChI is InChI=1S/C7H11N3O2/c1-2-3-4-10-5-8-9-6(11)7(10)12/h5H,2-4H2,1H3,(H,9,11). The summed E-state index contributed by atoms with van der Waals surface area (Å²) in [5, 5.41) is 5.60. The highest BCUT2D eigenvalue weighted by molar-refractivity contribution is 4.73. The molecule has 0 aliphatic heterocycles. The van der Waals surface area contributed by atoms with Crippen LogP contribution in [0.15, 0.2) is 15.9 Å². The fraction of sp³-hybridized carbons (Fsp3) is 0.571. The van der Waals surface area contributed by atoms with Crippen LogP contribution in [0, 0.1) is 0 Å². The van der Waals surface area contributed by atoms with Crippen molar-refractivity contribution in [2.45, 2.75) is 26.3 Å². The Labute approximate surface area is 69.1 Å². The van der Waals surface area contributed by atoms with E-state index in [2.05, 4.69) is 10.2 Å². The molecule has 1 heterocycles. The second-order valence-electron chi connectivity index (χ2n) is 2.54. The van der Waals surface area contributed by atoms with Crippen molar-refractivity contribution in [2.75, 3.05) is 0 Å². The van der Waals surface area contributed by atoms with Crippen LogP contribution in [-0.4, -0.2) is 14.8 Å². The summed E-state index contributed by atoms with van der Waals surface area (Å²) in [7, 11) is 0. The normalized spacial score (nSPS) is 10.1. The van der Waals surface area contributed by atoms with Crippen LogP contribution in [-0.2, 0) is 6.54 Å². The molecule has 5 nitrogen and oxygen atoms in total. The van der Waals surface area contributed by atoms with E-state index < -0.39 is 11.1 Å². The van der Waals surface area contributed by atoms with E-state index in [4.69, 9.17) is 0 Å². The van der Waals surface area contributed by atoms with E-state index in [9.17, 15) is 9.59 Å². The summed E-state index contributed by atoms with van der Waals surface area (Å²) in [5.41, 5.74) is -1.19. The van der Waals surface area contributed by atoms with E-state index >= 15 is 0 Å². The molecule has 0 aliphatic carbocycles. The highest BCUT2D eigenvalue weighted by atomic mass is 16.2. The number of aromatic nitrogens is 3. The number of unbranched alkanes of at least 4 members (excludes halogenated alkanes) is 1. The molecule has 0 spiro atoms. The molecule has 0 aliphatic rings. The van der Waals surface area contributed by atoms with Gasteiger partial charge in [0.2, 0.25) is 0 Å². The van der Waals surface area contributed by atoms with Gasteiger partial charge in [0.05, 0.1) is 0 Å². The van der Waals surface area contributed by atoms with E-state index in [1.165, 1.54) is 10.9 Å². The van der Waals surface area contributed by atoms with Crippen molar-refractivity contribution in [3.8, 4) is 0 Å². The van der Waals surface area contributed by atoms with Crippen molar-refractivity contribution in [3.63, 3.8) is 0 Å². The number of aromatic amines is 1. The lowest BCUT2D eigenvalue weighted by molar-refractivity contribution is 0.585. The molecule has 1 aromatic heterocycles. The Morgan fingerprint density at radius 1 is 1.58 bits per heavy atom. The van der Waals surface area contributed by atoms with Gasteiger partial charge in [-0.2, -0.15) is 5.10 Å². The maximum atomic E-state index is 11.1. The van der Waals surface area contributed by atoms with Crippen molar-refractivity contribution in [2.24, 2.45) is 0 Å². The molecule has 1 N–H and O–H groups in total. The van der Waals surface area contributed by atoms with E-state index in [0.29, 0.717) is 6.54 Å². The van der Waals surface area contributed by atoms with Gasteiger partial charge in [0, 0.05) is 6.54 Å². The minimum absolute atomic E-state index is 0.529. The molecule has 0 saturated heterocycles. The van der Waals surface area contributed by atoms with Gasteiger partial charge in [-0.15, -0.1) is 0 Å². The van der Waals surface area contributed by atoms with E-state index in [-0.39, 0.29) is 0 Å². The quantitative estimate of drug-likeness (QED) is 0.633. The van der Waals surface area contributed by atoms with E-state index in [1.54, 1.807) is 0 Å². The maximum Gasteiger partial charge on any atom is 0.330 e. The molecular weight excluding hydrogens is 158 g/mol. The fourth-order valence-corrected chi connectivity index (χ4v) is 0.876. The Bertz CT molecular complexity index is 352. The topological polar surface area (TPSA) is 67.8 Å². The van der Waals surface area contributed by atoms with Crippen LogP contribution < -0.4 is 11.1 Å². The van der Waals surface area contributed by atoms with Gasteiger partial charge >= 0.3 is 11.1 Å². The molecule has 0 radical (unpaired) electrons. The molecule has 0 atom stereocenters. The molecular formula is C7H11N3O2. The van der Waals surface area contributed by atoms with Gasteiger partial charge in [0.1, 0.15) is 6.33 Å². The zero-order valence-electron chi connectivity index (χ0n) is 6.91. The second-order valence-corrected chi connectivity index (χ2v) is 2.54. The van der Waals surface area contributed by atoms with E-state index in [1.807, 2.05) is 6.92 Å². The molecule has 0 fully saturated rings. The zero-order chi connectivity index (χ0) is 8.97. The molecule has 66 valence electrons. The summed E-state index contributed by atoms with van der Waals surface area (Å²) >= 11 is 0. The number of hydrogen-bond acceptors (Lipinski definition) is 3. The third kappa shape index (κ3) is 1.81. The molecule has 12 heavy (non-hydrogen) atoms. The number of aryl methyl sites for hydroxylation is 1. The Balaban J connectivity index is 2.93. The summed E-state index contributed by atoms with van der Waals surface area (Å²) in [4.78, 5) is 21.8. The lowest BCUT2D eigenvalue weighted by atomic mass is 10.3. The summed E-state index contributed by atoms with van der Waals surface area (Å²) in [6, 6.07) is 0. The molecule has 0 bridgehead atoms. The van der Waals surface area contributed by atoms with Gasteiger partial charge < -0.3 is 0 Å². The van der Waals surface area contributed by atoms with Crippen LogP contribution in [0.2, 0.25) is 0 Å². The van der Waals surface area contributed by atoms with Crippen LogP contribution >= 0.6 is 0 Å². The minimum Gasteiger partial charge on any atom is -0.293 e. The Kier molecular flexibility index (Phi) is 2.79. The van der Waals surface area contributed by atoms with Gasteiger partial charge in [-0.25, -0.2) is 5.10 Å². The number of nitrogens with one attached hydrogen (secondary N) is 1. The number of rotatable bonds is 3. The third-order valence-corrected chi connectivity index (χ3v) is 1.57. The average Bonchev–Trinajstić information content (AvgIpc) is 2.08. The van der Waals surface area contributed by atoms with Gasteiger partial charge in [-0.05, 0) is 6.42 Å². The maximum absolute atomic E-state index is 11.1. The predicted octanol–water partition coefficient (Wildman–Crippen LogP) is -0.268. The summed E-state index contributed by atoms with van der Waals surface area (Å²) in [5.74, 6) is 0. The average molecular weight is 169 g/mol. The lowest BCUT2D eigenvalue weighted by Crippen LogP contribution is -2.36. The molecule has 0 aromatic carbocycles. The molecule has 1 rings (SSSR count). The minimum atomic E-state index is -0.659. The first-order valence-electron chi connectivity index (χ1n) is 3.90. The van der Waals surface area contributed by atoms with Gasteiger partial charge in [-0.3, -0.25) is 14.2 Å². The van der Waals surface area contributed by atoms with Crippen LogP contribution in [0.1, 0.15) is 19.8 Å². The first-order chi connectivity index (χ1) is 5.75. The Morgan fingerprint density at radius 2 is 2.33 bits per heavy atom. The highest BCUT2D eigenvalue weighted by Crippen LogP contribution is 1.87. The summed E-state index contributed by atoms with van der Waals surface area (Å²) in [6.45, 7) is 2.58. The fourth-order valence-electron chi connectivity index (χ4n) is 0.876. The zero-order valence-corrected chi connectivity index (χ0v) is 6.91. The second kappa shape index (κ2) is 3.85. The van der Waals surface area contributed by atoms with Gasteiger partial charge in [0.15, 0.2) is 0 Å². The monoisotopic (exact) mass is 169 g/mol. The van der Waals surface area contributed by atoms with Crippen molar-refractivity contribution >= 4 is 0 Å². The van der Waals surface area contributed by atoms with Gasteiger partial charge in [0.25, 0.3) is 0 Å². The molecule has 1 aromatic rings. The largest absolute Gasteiger partial charge is 0.330 e. The van der Waals surface area contributed by atoms with Crippen LogP contribution in [0.3, 0.4) is 0 Å². The van der Waals surface area contributed by atoms with Crippen molar-refractivity contribution in [1.82, 2.24) is 14.8 Å². The number of hydrogen-bond donors (Lipinski definition) is 1. The van der Waals surface area contributed by atoms with Crippen molar-refractivity contribution < 1.29 is 0 Å². The summed E-state index contributed by atoms with van der Waals surface area (Å²) < 4.78 is 1.32. The van der Waals surface area contributed by atoms with Crippen LogP contribution in [0.5, 0.6) is 0 Å². The molecule has 0 amide bonds. The van der Waals surface area contributed by atoms with Crippen LogP contribution in [0.25, 0.3) is 0 Å². The smallest absolute Gasteiger partial charge is 0.293 e. The van der Waals surface area contributed by atoms with Gasteiger partial charge in [-0.1, -0.05) is 13.3 Å². The van der Waals surface area contributed by atoms with Crippen molar-refractivity contribution in [3.05, 3.63) is 27.0 Å². The van der Waals surface area contributed by atoms with Crippen LogP contribution in [0.4, 0.5) is 0 Å². The first kappa shape index (κ1) is 8.70. The Hall–Kier alpha value is -1.39.